The Morgan fingerprint density at radius 1 is 1.19 bits per heavy atom. The number of pyridine rings is 2. The highest BCUT2D eigenvalue weighted by Crippen LogP contribution is 2.26. The van der Waals surface area contributed by atoms with E-state index in [1.807, 2.05) is 36.4 Å². The van der Waals surface area contributed by atoms with E-state index >= 15 is 0 Å². The van der Waals surface area contributed by atoms with Crippen molar-refractivity contribution < 1.29 is 9.90 Å². The lowest BCUT2D eigenvalue weighted by Gasteiger charge is -2.06. The normalized spacial score (nSPS) is 10.2. The molecule has 0 aliphatic rings. The number of hydrogen-bond acceptors (Lipinski definition) is 4. The summed E-state index contributed by atoms with van der Waals surface area (Å²) in [6.45, 7) is 0. The van der Waals surface area contributed by atoms with Gasteiger partial charge in [0.15, 0.2) is 0 Å². The van der Waals surface area contributed by atoms with E-state index in [-0.39, 0.29) is 11.3 Å². The van der Waals surface area contributed by atoms with Gasteiger partial charge in [0.2, 0.25) is 0 Å². The number of carbonyl (C=O) groups is 1. The molecule has 0 amide bonds. The SMILES string of the molecule is N#Cc1nc2ccccc2cc1-c1cncc(C(=O)O)c1. The number of benzene rings is 1. The molecule has 5 heteroatoms. The second-order valence-electron chi connectivity index (χ2n) is 4.46. The number of carboxylic acids is 1. The Balaban J connectivity index is 2.26. The zero-order chi connectivity index (χ0) is 14.8. The van der Waals surface area contributed by atoms with Crippen molar-refractivity contribution in [1.29, 1.82) is 5.26 Å². The fourth-order valence-electron chi connectivity index (χ4n) is 2.13. The van der Waals surface area contributed by atoms with Crippen molar-refractivity contribution in [2.45, 2.75) is 0 Å². The minimum Gasteiger partial charge on any atom is -0.478 e. The summed E-state index contributed by atoms with van der Waals surface area (Å²) in [4.78, 5) is 19.3. The predicted octanol–water partition coefficient (Wildman–Crippen LogP) is 2.87. The molecular formula is C16H9N3O2. The number of para-hydroxylation sites is 1. The van der Waals surface area contributed by atoms with E-state index in [0.29, 0.717) is 11.1 Å². The number of nitrogens with zero attached hydrogens (tertiary/aromatic N) is 3. The summed E-state index contributed by atoms with van der Waals surface area (Å²) in [6, 6.07) is 12.8. The maximum absolute atomic E-state index is 11.0. The maximum atomic E-state index is 11.0. The fourth-order valence-corrected chi connectivity index (χ4v) is 2.13. The monoisotopic (exact) mass is 275 g/mol. The van der Waals surface area contributed by atoms with E-state index in [4.69, 9.17) is 5.11 Å². The third-order valence-corrected chi connectivity index (χ3v) is 3.13. The van der Waals surface area contributed by atoms with Crippen LogP contribution in [0.4, 0.5) is 0 Å². The van der Waals surface area contributed by atoms with Crippen molar-refractivity contribution in [2.24, 2.45) is 0 Å². The lowest BCUT2D eigenvalue weighted by molar-refractivity contribution is 0.0696. The number of aromatic carboxylic acids is 1. The van der Waals surface area contributed by atoms with Gasteiger partial charge in [0.1, 0.15) is 11.8 Å². The fraction of sp³-hybridized carbons (Fsp3) is 0. The Bertz CT molecular complexity index is 897. The Hall–Kier alpha value is -3.26. The first-order valence-electron chi connectivity index (χ1n) is 6.17. The van der Waals surface area contributed by atoms with Crippen LogP contribution in [0.25, 0.3) is 22.0 Å². The Morgan fingerprint density at radius 2 is 2.00 bits per heavy atom. The molecule has 0 atom stereocenters. The standard InChI is InChI=1S/C16H9N3O2/c17-7-15-13(6-10-3-1-2-4-14(10)19-15)11-5-12(16(20)21)9-18-8-11/h1-6,8-9H,(H,20,21). The smallest absolute Gasteiger partial charge is 0.337 e. The van der Waals surface area contributed by atoms with Gasteiger partial charge in [0.05, 0.1) is 11.1 Å². The molecule has 0 saturated carbocycles. The second kappa shape index (κ2) is 5.02. The highest BCUT2D eigenvalue weighted by Gasteiger charge is 2.11. The Kier molecular flexibility index (Phi) is 3.05. The van der Waals surface area contributed by atoms with Gasteiger partial charge in [-0.3, -0.25) is 4.98 Å². The molecule has 0 unspecified atom stereocenters. The van der Waals surface area contributed by atoms with Crippen molar-refractivity contribution in [3.63, 3.8) is 0 Å². The molecular weight excluding hydrogens is 266 g/mol. The first-order valence-corrected chi connectivity index (χ1v) is 6.17. The largest absolute Gasteiger partial charge is 0.478 e. The topological polar surface area (TPSA) is 86.9 Å². The highest BCUT2D eigenvalue weighted by molar-refractivity contribution is 5.90. The third kappa shape index (κ3) is 2.30. The summed E-state index contributed by atoms with van der Waals surface area (Å²) in [5, 5.41) is 19.2. The van der Waals surface area contributed by atoms with Crippen LogP contribution < -0.4 is 0 Å². The zero-order valence-corrected chi connectivity index (χ0v) is 10.8. The van der Waals surface area contributed by atoms with E-state index in [1.54, 1.807) is 0 Å². The summed E-state index contributed by atoms with van der Waals surface area (Å²) in [7, 11) is 0. The van der Waals surface area contributed by atoms with Gasteiger partial charge in [-0.05, 0) is 18.2 Å². The van der Waals surface area contributed by atoms with Crippen LogP contribution in [0.15, 0.2) is 48.8 Å². The Labute approximate surface area is 120 Å². The first kappa shape index (κ1) is 12.8. The average Bonchev–Trinajstić information content (AvgIpc) is 2.53. The molecule has 1 N–H and O–H groups in total. The summed E-state index contributed by atoms with van der Waals surface area (Å²) in [5.41, 5.74) is 2.18. The van der Waals surface area contributed by atoms with Crippen LogP contribution in [-0.4, -0.2) is 21.0 Å². The minimum atomic E-state index is -1.06. The Morgan fingerprint density at radius 3 is 2.76 bits per heavy atom. The van der Waals surface area contributed by atoms with Crippen molar-refractivity contribution in [3.05, 3.63) is 60.0 Å². The van der Waals surface area contributed by atoms with Crippen LogP contribution in [0.2, 0.25) is 0 Å². The van der Waals surface area contributed by atoms with E-state index in [9.17, 15) is 10.1 Å². The van der Waals surface area contributed by atoms with Crippen molar-refractivity contribution >= 4 is 16.9 Å². The maximum Gasteiger partial charge on any atom is 0.337 e. The second-order valence-corrected chi connectivity index (χ2v) is 4.46. The van der Waals surface area contributed by atoms with E-state index < -0.39 is 5.97 Å². The molecule has 2 aromatic heterocycles. The molecule has 0 aliphatic heterocycles. The lowest BCUT2D eigenvalue weighted by Crippen LogP contribution is -1.98. The van der Waals surface area contributed by atoms with E-state index in [2.05, 4.69) is 9.97 Å². The first-order chi connectivity index (χ1) is 10.2. The van der Waals surface area contributed by atoms with Gasteiger partial charge in [-0.25, -0.2) is 9.78 Å². The molecule has 100 valence electrons. The van der Waals surface area contributed by atoms with Crippen LogP contribution in [-0.2, 0) is 0 Å². The van der Waals surface area contributed by atoms with Crippen molar-refractivity contribution in [3.8, 4) is 17.2 Å². The molecule has 21 heavy (non-hydrogen) atoms. The minimum absolute atomic E-state index is 0.0737. The molecule has 0 aliphatic carbocycles. The van der Waals surface area contributed by atoms with Crippen LogP contribution in [0.3, 0.4) is 0 Å². The number of aromatic nitrogens is 2. The summed E-state index contributed by atoms with van der Waals surface area (Å²) in [5.74, 6) is -1.06. The van der Waals surface area contributed by atoms with Gasteiger partial charge in [-0.1, -0.05) is 18.2 Å². The molecule has 5 nitrogen and oxygen atoms in total. The zero-order valence-electron chi connectivity index (χ0n) is 10.8. The molecule has 0 spiro atoms. The molecule has 0 fully saturated rings. The lowest BCUT2D eigenvalue weighted by atomic mass is 10.0. The molecule has 0 bridgehead atoms. The molecule has 0 saturated heterocycles. The van der Waals surface area contributed by atoms with Gasteiger partial charge in [0.25, 0.3) is 0 Å². The van der Waals surface area contributed by atoms with E-state index in [0.717, 1.165) is 10.9 Å². The number of hydrogen-bond donors (Lipinski definition) is 1. The quantitative estimate of drug-likeness (QED) is 0.777. The van der Waals surface area contributed by atoms with Gasteiger partial charge < -0.3 is 5.11 Å². The van der Waals surface area contributed by atoms with Crippen LogP contribution in [0, 0.1) is 11.3 Å². The summed E-state index contributed by atoms with van der Waals surface area (Å²) in [6.07, 6.45) is 2.80. The summed E-state index contributed by atoms with van der Waals surface area (Å²) < 4.78 is 0. The van der Waals surface area contributed by atoms with Crippen LogP contribution in [0.1, 0.15) is 16.1 Å². The number of fused-ring (bicyclic) bond motifs is 1. The van der Waals surface area contributed by atoms with Crippen LogP contribution in [0.5, 0.6) is 0 Å². The molecule has 1 aromatic carbocycles. The third-order valence-electron chi connectivity index (χ3n) is 3.13. The van der Waals surface area contributed by atoms with Crippen molar-refractivity contribution in [1.82, 2.24) is 9.97 Å². The highest BCUT2D eigenvalue weighted by atomic mass is 16.4. The van der Waals surface area contributed by atoms with Crippen LogP contribution >= 0.6 is 0 Å². The van der Waals surface area contributed by atoms with Gasteiger partial charge in [-0.2, -0.15) is 5.26 Å². The van der Waals surface area contributed by atoms with Gasteiger partial charge >= 0.3 is 5.97 Å². The predicted molar refractivity (Wildman–Crippen MR) is 76.6 cm³/mol. The summed E-state index contributed by atoms with van der Waals surface area (Å²) >= 11 is 0. The number of rotatable bonds is 2. The number of nitriles is 1. The van der Waals surface area contributed by atoms with Crippen molar-refractivity contribution in [2.75, 3.05) is 0 Å². The molecule has 3 aromatic rings. The number of carboxylic acid groups (broad SMARTS) is 1. The van der Waals surface area contributed by atoms with E-state index in [1.165, 1.54) is 18.5 Å². The molecule has 3 rings (SSSR count). The molecule has 0 radical (unpaired) electrons. The van der Waals surface area contributed by atoms with Gasteiger partial charge in [0, 0.05) is 28.9 Å². The molecule has 2 heterocycles. The van der Waals surface area contributed by atoms with Gasteiger partial charge in [-0.15, -0.1) is 0 Å². The average molecular weight is 275 g/mol.